The molecule has 1 aliphatic heterocycles. The van der Waals surface area contributed by atoms with Crippen LogP contribution in [0.4, 0.5) is 4.39 Å². The van der Waals surface area contributed by atoms with Crippen LogP contribution >= 0.6 is 0 Å². The van der Waals surface area contributed by atoms with Gasteiger partial charge >= 0.3 is 0 Å². The molecule has 0 bridgehead atoms. The van der Waals surface area contributed by atoms with Crippen molar-refractivity contribution in [3.63, 3.8) is 0 Å². The predicted molar refractivity (Wildman–Crippen MR) is 136 cm³/mol. The zero-order valence-corrected chi connectivity index (χ0v) is 20.6. The third-order valence-electron chi connectivity index (χ3n) is 7.70. The highest BCUT2D eigenvalue weighted by Crippen LogP contribution is 2.41. The van der Waals surface area contributed by atoms with Crippen LogP contribution in [0.2, 0.25) is 0 Å². The summed E-state index contributed by atoms with van der Waals surface area (Å²) < 4.78 is 25.8. The topological polar surface area (TPSA) is 94.8 Å². The van der Waals surface area contributed by atoms with Gasteiger partial charge in [-0.25, -0.2) is 4.39 Å². The molecule has 6 rings (SSSR count). The molecule has 2 aromatic heterocycles. The van der Waals surface area contributed by atoms with Gasteiger partial charge in [0.05, 0.1) is 40.7 Å². The minimum atomic E-state index is -0.613. The molecule has 2 atom stereocenters. The first-order valence-electron chi connectivity index (χ1n) is 12.5. The van der Waals surface area contributed by atoms with Crippen LogP contribution in [0.3, 0.4) is 0 Å². The average molecular weight is 500 g/mol. The Bertz CT molecular complexity index is 1710. The minimum Gasteiger partial charge on any atom is -0.373 e. The average Bonchev–Trinajstić information content (AvgIpc) is 3.66. The van der Waals surface area contributed by atoms with Crippen molar-refractivity contribution in [3.05, 3.63) is 85.9 Å². The minimum absolute atomic E-state index is 0.0429. The lowest BCUT2D eigenvalue weighted by molar-refractivity contribution is 0.00524. The van der Waals surface area contributed by atoms with Gasteiger partial charge in [-0.05, 0) is 67.0 Å². The van der Waals surface area contributed by atoms with E-state index in [1.54, 1.807) is 13.1 Å². The van der Waals surface area contributed by atoms with Gasteiger partial charge in [0.1, 0.15) is 5.82 Å². The van der Waals surface area contributed by atoms with Crippen molar-refractivity contribution < 1.29 is 9.13 Å². The first-order chi connectivity index (χ1) is 17.9. The van der Waals surface area contributed by atoms with E-state index < -0.39 is 5.82 Å². The van der Waals surface area contributed by atoms with Gasteiger partial charge in [0.25, 0.3) is 11.1 Å². The molecule has 37 heavy (non-hydrogen) atoms. The van der Waals surface area contributed by atoms with E-state index in [1.165, 1.54) is 28.5 Å². The van der Waals surface area contributed by atoms with E-state index in [0.29, 0.717) is 24.6 Å². The molecule has 0 N–H and O–H groups in total. The fourth-order valence-corrected chi connectivity index (χ4v) is 5.31. The van der Waals surface area contributed by atoms with Crippen molar-refractivity contribution in [2.24, 2.45) is 14.1 Å². The number of halogens is 1. The first kappa shape index (κ1) is 23.4. The lowest BCUT2D eigenvalue weighted by atomic mass is 9.84. The number of rotatable bonds is 4. The Morgan fingerprint density at radius 1 is 1.03 bits per heavy atom. The molecule has 4 aromatic rings. The lowest BCUT2D eigenvalue weighted by Gasteiger charge is -2.30. The molecule has 2 unspecified atom stereocenters. The third kappa shape index (κ3) is 3.98. The van der Waals surface area contributed by atoms with Gasteiger partial charge in [0.15, 0.2) is 0 Å². The van der Waals surface area contributed by atoms with Gasteiger partial charge in [-0.15, -0.1) is 0 Å². The van der Waals surface area contributed by atoms with Crippen LogP contribution in [-0.4, -0.2) is 25.8 Å². The van der Waals surface area contributed by atoms with Crippen LogP contribution in [0.5, 0.6) is 0 Å². The van der Waals surface area contributed by atoms with Gasteiger partial charge in [-0.1, -0.05) is 6.07 Å². The van der Waals surface area contributed by atoms with Crippen LogP contribution < -0.4 is 11.1 Å². The molecule has 0 radical (unpaired) electrons. The standard InChI is InChI=1S/C28H26FN5O3/c1-32-27(35)23-11-18(17-7-8-37-25(12-17)19-14-31-34(15-19)20-4-5-20)10-22(26(23)28(36)33(32)2)21-6-3-16(13-30)9-24(21)29/h3,6,9-11,14-15,17,20,25H,4-5,7-8,12H2,1-2H3. The summed E-state index contributed by atoms with van der Waals surface area (Å²) in [6, 6.07) is 10.2. The Kier molecular flexibility index (Phi) is 5.57. The maximum Gasteiger partial charge on any atom is 0.273 e. The van der Waals surface area contributed by atoms with Crippen molar-refractivity contribution in [1.82, 2.24) is 19.1 Å². The number of benzene rings is 2. The molecule has 8 nitrogen and oxygen atoms in total. The highest BCUT2D eigenvalue weighted by molar-refractivity contribution is 5.96. The molecule has 2 aliphatic rings. The maximum absolute atomic E-state index is 15.2. The second-order valence-corrected chi connectivity index (χ2v) is 10.0. The highest BCUT2D eigenvalue weighted by Gasteiger charge is 2.30. The summed E-state index contributed by atoms with van der Waals surface area (Å²) in [5.41, 5.74) is 1.90. The van der Waals surface area contributed by atoms with Crippen molar-refractivity contribution >= 4 is 10.8 Å². The van der Waals surface area contributed by atoms with Crippen LogP contribution in [0, 0.1) is 17.1 Å². The highest BCUT2D eigenvalue weighted by atomic mass is 19.1. The van der Waals surface area contributed by atoms with E-state index >= 15 is 4.39 Å². The predicted octanol–water partition coefficient (Wildman–Crippen LogP) is 4.08. The van der Waals surface area contributed by atoms with E-state index in [1.807, 2.05) is 23.0 Å². The lowest BCUT2D eigenvalue weighted by Crippen LogP contribution is -2.35. The van der Waals surface area contributed by atoms with Gasteiger partial charge in [-0.3, -0.25) is 23.6 Å². The molecule has 1 saturated carbocycles. The number of aromatic nitrogens is 4. The normalized spacial score (nSPS) is 19.7. The molecule has 1 aliphatic carbocycles. The number of nitrogens with zero attached hydrogens (tertiary/aromatic N) is 5. The van der Waals surface area contributed by atoms with E-state index in [9.17, 15) is 14.9 Å². The van der Waals surface area contributed by atoms with E-state index in [2.05, 4.69) is 11.3 Å². The summed E-state index contributed by atoms with van der Waals surface area (Å²) in [5, 5.41) is 14.1. The second-order valence-electron chi connectivity index (χ2n) is 10.0. The van der Waals surface area contributed by atoms with Crippen LogP contribution in [0.25, 0.3) is 21.9 Å². The first-order valence-corrected chi connectivity index (χ1v) is 12.5. The SMILES string of the molecule is Cn1c(=O)c2cc(C3CCOC(c4cnn(C5CC5)c4)C3)cc(-c3ccc(C#N)cc3F)c2c(=O)n1C. The zero-order valence-electron chi connectivity index (χ0n) is 20.6. The zero-order chi connectivity index (χ0) is 25.8. The third-order valence-corrected chi connectivity index (χ3v) is 7.70. The second kappa shape index (κ2) is 8.82. The Balaban J connectivity index is 1.49. The van der Waals surface area contributed by atoms with Crippen molar-refractivity contribution in [1.29, 1.82) is 5.26 Å². The van der Waals surface area contributed by atoms with Crippen LogP contribution in [0.1, 0.15) is 60.4 Å². The summed E-state index contributed by atoms with van der Waals surface area (Å²) in [6.45, 7) is 0.539. The number of fused-ring (bicyclic) bond motifs is 1. The summed E-state index contributed by atoms with van der Waals surface area (Å²) in [6.07, 6.45) is 7.50. The number of hydrogen-bond donors (Lipinski definition) is 0. The monoisotopic (exact) mass is 499 g/mol. The van der Waals surface area contributed by atoms with Crippen molar-refractivity contribution in [2.45, 2.75) is 43.7 Å². The van der Waals surface area contributed by atoms with E-state index in [4.69, 9.17) is 4.74 Å². The molecule has 1 saturated heterocycles. The Hall–Kier alpha value is -4.03. The fourth-order valence-electron chi connectivity index (χ4n) is 5.31. The van der Waals surface area contributed by atoms with E-state index in [0.717, 1.165) is 36.5 Å². The molecule has 2 aromatic carbocycles. The van der Waals surface area contributed by atoms with Gasteiger partial charge < -0.3 is 4.74 Å². The molecule has 0 amide bonds. The van der Waals surface area contributed by atoms with E-state index in [-0.39, 0.29) is 45.0 Å². The van der Waals surface area contributed by atoms with Crippen molar-refractivity contribution in [2.75, 3.05) is 6.61 Å². The Labute approximate surface area is 212 Å². The Morgan fingerprint density at radius 3 is 2.54 bits per heavy atom. The molecule has 3 heterocycles. The van der Waals surface area contributed by atoms with Gasteiger partial charge in [-0.2, -0.15) is 10.4 Å². The summed E-state index contributed by atoms with van der Waals surface area (Å²) in [7, 11) is 3.06. The summed E-state index contributed by atoms with van der Waals surface area (Å²) in [4.78, 5) is 26.6. The molecular formula is C28H26FN5O3. The van der Waals surface area contributed by atoms with Gasteiger partial charge in [0, 0.05) is 38.0 Å². The van der Waals surface area contributed by atoms with Crippen LogP contribution in [0.15, 0.2) is 52.3 Å². The Morgan fingerprint density at radius 2 is 1.81 bits per heavy atom. The molecular weight excluding hydrogens is 473 g/mol. The summed E-state index contributed by atoms with van der Waals surface area (Å²) >= 11 is 0. The number of hydrogen-bond acceptors (Lipinski definition) is 5. The smallest absolute Gasteiger partial charge is 0.273 e. The molecule has 0 spiro atoms. The quantitative estimate of drug-likeness (QED) is 0.422. The fraction of sp³-hybridized carbons (Fsp3) is 0.357. The maximum atomic E-state index is 15.2. The number of nitriles is 1. The molecule has 2 fully saturated rings. The molecule has 9 heteroatoms. The van der Waals surface area contributed by atoms with Gasteiger partial charge in [0.2, 0.25) is 0 Å². The van der Waals surface area contributed by atoms with Crippen molar-refractivity contribution in [3.8, 4) is 17.2 Å². The van der Waals surface area contributed by atoms with Crippen LogP contribution in [-0.2, 0) is 18.8 Å². The number of ether oxygens (including phenoxy) is 1. The summed E-state index contributed by atoms with van der Waals surface area (Å²) in [5.74, 6) is -0.570. The largest absolute Gasteiger partial charge is 0.373 e. The molecule has 188 valence electrons.